The van der Waals surface area contributed by atoms with Gasteiger partial charge in [-0.3, -0.25) is 14.4 Å². The van der Waals surface area contributed by atoms with Crippen molar-refractivity contribution in [2.45, 2.75) is 13.3 Å². The molecule has 2 aromatic rings. The lowest BCUT2D eigenvalue weighted by Gasteiger charge is -2.15. The van der Waals surface area contributed by atoms with Crippen molar-refractivity contribution in [1.29, 1.82) is 5.26 Å². The minimum Gasteiger partial charge on any atom is -0.368 e. The number of nitrogens with zero attached hydrogens (tertiary/aromatic N) is 4. The van der Waals surface area contributed by atoms with Crippen LogP contribution in [0.2, 0.25) is 0 Å². The van der Waals surface area contributed by atoms with Crippen LogP contribution in [0, 0.1) is 11.3 Å². The van der Waals surface area contributed by atoms with E-state index < -0.39 is 11.8 Å². The lowest BCUT2D eigenvalue weighted by atomic mass is 10.2. The molecule has 0 atom stereocenters. The summed E-state index contributed by atoms with van der Waals surface area (Å²) in [6.45, 7) is 2.38. The lowest BCUT2D eigenvalue weighted by Crippen LogP contribution is -2.37. The van der Waals surface area contributed by atoms with Crippen molar-refractivity contribution in [2.75, 3.05) is 37.3 Å². The predicted molar refractivity (Wildman–Crippen MR) is 111 cm³/mol. The van der Waals surface area contributed by atoms with E-state index in [2.05, 4.69) is 25.9 Å². The fourth-order valence-corrected chi connectivity index (χ4v) is 2.41. The van der Waals surface area contributed by atoms with Gasteiger partial charge in [-0.2, -0.15) is 5.26 Å². The summed E-state index contributed by atoms with van der Waals surface area (Å²) in [6.07, 6.45) is 0.129. The number of amides is 3. The van der Waals surface area contributed by atoms with Crippen molar-refractivity contribution in [3.05, 3.63) is 36.4 Å². The number of benzene rings is 1. The second-order valence-electron chi connectivity index (χ2n) is 6.33. The standard InChI is InChI=1S/C20H23N7O3/c1-14(28)22-10-11-23-16-13-17(25-18(24-16)15-7-4-3-5-8-15)26-19(29)20(30)27(2)12-6-9-21/h3-5,7-8,13H,6,10-12H2,1-2H3,(H,22,28)(H2,23,24,25,26,29). The normalized spacial score (nSPS) is 9.90. The summed E-state index contributed by atoms with van der Waals surface area (Å²) in [5, 5.41) is 16.8. The molecule has 0 unspecified atom stereocenters. The average Bonchev–Trinajstić information content (AvgIpc) is 2.74. The molecule has 0 aliphatic carbocycles. The third-order valence-electron chi connectivity index (χ3n) is 3.90. The summed E-state index contributed by atoms with van der Waals surface area (Å²) in [4.78, 5) is 45.4. The average molecular weight is 409 g/mol. The number of hydrogen-bond acceptors (Lipinski definition) is 7. The largest absolute Gasteiger partial charge is 0.368 e. The van der Waals surface area contributed by atoms with E-state index in [1.807, 2.05) is 36.4 Å². The summed E-state index contributed by atoms with van der Waals surface area (Å²) >= 11 is 0. The number of aromatic nitrogens is 2. The Bertz CT molecular complexity index is 941. The molecule has 0 radical (unpaired) electrons. The zero-order valence-corrected chi connectivity index (χ0v) is 16.8. The molecule has 0 spiro atoms. The van der Waals surface area contributed by atoms with Crippen molar-refractivity contribution in [3.8, 4) is 17.5 Å². The molecule has 10 nitrogen and oxygen atoms in total. The first-order chi connectivity index (χ1) is 14.4. The summed E-state index contributed by atoms with van der Waals surface area (Å²) in [6, 6.07) is 12.6. The zero-order chi connectivity index (χ0) is 21.9. The number of carbonyl (C=O) groups is 3. The van der Waals surface area contributed by atoms with Gasteiger partial charge in [-0.05, 0) is 0 Å². The molecule has 10 heteroatoms. The van der Waals surface area contributed by atoms with Crippen LogP contribution in [0.4, 0.5) is 11.6 Å². The fraction of sp³-hybridized carbons (Fsp3) is 0.300. The molecule has 0 aliphatic heterocycles. The van der Waals surface area contributed by atoms with Crippen LogP contribution in [0.15, 0.2) is 36.4 Å². The van der Waals surface area contributed by atoms with E-state index in [1.54, 1.807) is 0 Å². The molecule has 0 saturated heterocycles. The van der Waals surface area contributed by atoms with Gasteiger partial charge in [0.05, 0.1) is 12.5 Å². The first-order valence-electron chi connectivity index (χ1n) is 9.27. The van der Waals surface area contributed by atoms with E-state index in [-0.39, 0.29) is 24.7 Å². The van der Waals surface area contributed by atoms with Crippen molar-refractivity contribution in [1.82, 2.24) is 20.2 Å². The van der Waals surface area contributed by atoms with E-state index in [1.165, 1.54) is 24.9 Å². The molecule has 156 valence electrons. The van der Waals surface area contributed by atoms with Gasteiger partial charge in [-0.25, -0.2) is 9.97 Å². The van der Waals surface area contributed by atoms with Crippen molar-refractivity contribution in [2.24, 2.45) is 0 Å². The number of carbonyl (C=O) groups excluding carboxylic acids is 3. The Kier molecular flexibility index (Phi) is 8.26. The number of likely N-dealkylation sites (N-methyl/N-ethyl adjacent to an activating group) is 1. The van der Waals surface area contributed by atoms with Gasteiger partial charge < -0.3 is 20.9 Å². The number of nitrogens with one attached hydrogen (secondary N) is 3. The molecule has 3 N–H and O–H groups in total. The van der Waals surface area contributed by atoms with Crippen LogP contribution in [-0.4, -0.2) is 59.3 Å². The molecule has 2 rings (SSSR count). The Morgan fingerprint density at radius 2 is 1.80 bits per heavy atom. The molecule has 1 heterocycles. The quantitative estimate of drug-likeness (QED) is 0.436. The highest BCUT2D eigenvalue weighted by molar-refractivity contribution is 6.39. The van der Waals surface area contributed by atoms with Gasteiger partial charge in [0.1, 0.15) is 11.6 Å². The molecule has 3 amide bonds. The first-order valence-corrected chi connectivity index (χ1v) is 9.27. The second-order valence-corrected chi connectivity index (χ2v) is 6.33. The van der Waals surface area contributed by atoms with E-state index in [0.717, 1.165) is 5.56 Å². The Morgan fingerprint density at radius 1 is 1.10 bits per heavy atom. The van der Waals surface area contributed by atoms with Crippen LogP contribution in [0.5, 0.6) is 0 Å². The zero-order valence-electron chi connectivity index (χ0n) is 16.8. The topological polar surface area (TPSA) is 140 Å². The van der Waals surface area contributed by atoms with E-state index in [0.29, 0.717) is 24.7 Å². The van der Waals surface area contributed by atoms with Crippen LogP contribution in [0.3, 0.4) is 0 Å². The van der Waals surface area contributed by atoms with Crippen LogP contribution < -0.4 is 16.0 Å². The van der Waals surface area contributed by atoms with E-state index >= 15 is 0 Å². The Labute approximate surface area is 174 Å². The second kappa shape index (κ2) is 11.1. The van der Waals surface area contributed by atoms with Crippen LogP contribution in [0.1, 0.15) is 13.3 Å². The summed E-state index contributed by atoms with van der Waals surface area (Å²) < 4.78 is 0. The van der Waals surface area contributed by atoms with E-state index in [9.17, 15) is 14.4 Å². The fourth-order valence-electron chi connectivity index (χ4n) is 2.41. The highest BCUT2D eigenvalue weighted by Gasteiger charge is 2.19. The monoisotopic (exact) mass is 409 g/mol. The van der Waals surface area contributed by atoms with Gasteiger partial charge in [-0.1, -0.05) is 30.3 Å². The maximum Gasteiger partial charge on any atom is 0.315 e. The highest BCUT2D eigenvalue weighted by atomic mass is 16.2. The molecule has 0 fully saturated rings. The summed E-state index contributed by atoms with van der Waals surface area (Å²) in [7, 11) is 1.45. The molecule has 0 aliphatic rings. The molecule has 30 heavy (non-hydrogen) atoms. The van der Waals surface area contributed by atoms with Crippen LogP contribution in [-0.2, 0) is 14.4 Å². The molecule has 1 aromatic heterocycles. The van der Waals surface area contributed by atoms with Gasteiger partial charge in [0.15, 0.2) is 5.82 Å². The van der Waals surface area contributed by atoms with Crippen LogP contribution in [0.25, 0.3) is 11.4 Å². The van der Waals surface area contributed by atoms with Crippen molar-refractivity contribution >= 4 is 29.4 Å². The van der Waals surface area contributed by atoms with Gasteiger partial charge in [0, 0.05) is 45.2 Å². The highest BCUT2D eigenvalue weighted by Crippen LogP contribution is 2.20. The maximum atomic E-state index is 12.3. The maximum absolute atomic E-state index is 12.3. The third-order valence-corrected chi connectivity index (χ3v) is 3.90. The van der Waals surface area contributed by atoms with Gasteiger partial charge in [0.25, 0.3) is 0 Å². The van der Waals surface area contributed by atoms with Crippen LogP contribution >= 0.6 is 0 Å². The Hall–Kier alpha value is -4.00. The molecule has 0 bridgehead atoms. The number of nitriles is 1. The minimum atomic E-state index is -0.864. The molecular weight excluding hydrogens is 386 g/mol. The van der Waals surface area contributed by atoms with E-state index in [4.69, 9.17) is 5.26 Å². The number of anilines is 2. The predicted octanol–water partition coefficient (Wildman–Crippen LogP) is 1.00. The number of hydrogen-bond donors (Lipinski definition) is 3. The van der Waals surface area contributed by atoms with Gasteiger partial charge in [0.2, 0.25) is 5.91 Å². The summed E-state index contributed by atoms with van der Waals surface area (Å²) in [5.41, 5.74) is 0.732. The van der Waals surface area contributed by atoms with Gasteiger partial charge >= 0.3 is 11.8 Å². The Morgan fingerprint density at radius 3 is 2.47 bits per heavy atom. The van der Waals surface area contributed by atoms with Crippen molar-refractivity contribution < 1.29 is 14.4 Å². The smallest absolute Gasteiger partial charge is 0.315 e. The summed E-state index contributed by atoms with van der Waals surface area (Å²) in [5.74, 6) is -0.840. The minimum absolute atomic E-state index is 0.129. The van der Waals surface area contributed by atoms with Crippen molar-refractivity contribution in [3.63, 3.8) is 0 Å². The molecule has 0 saturated carbocycles. The SMILES string of the molecule is CC(=O)NCCNc1cc(NC(=O)C(=O)N(C)CCC#N)nc(-c2ccccc2)n1. The molecule has 1 aromatic carbocycles. The Balaban J connectivity index is 2.19. The first kappa shape index (κ1) is 22.3. The van der Waals surface area contributed by atoms with Gasteiger partial charge in [-0.15, -0.1) is 0 Å². The number of rotatable bonds is 8. The molecular formula is C20H23N7O3. The third kappa shape index (κ3) is 6.87. The lowest BCUT2D eigenvalue weighted by molar-refractivity contribution is -0.142.